The zero-order chi connectivity index (χ0) is 18.3. The van der Waals surface area contributed by atoms with E-state index in [2.05, 4.69) is 15.0 Å². The summed E-state index contributed by atoms with van der Waals surface area (Å²) in [5.74, 6) is 0.745. The van der Waals surface area contributed by atoms with Crippen LogP contribution in [0.15, 0.2) is 16.9 Å². The van der Waals surface area contributed by atoms with Crippen LogP contribution in [0.5, 0.6) is 0 Å². The highest BCUT2D eigenvalue weighted by Crippen LogP contribution is 2.27. The standard InChI is InChI=1S/C18H24N6O2/c1-12-9-15(22(2)21-12)17(26)24-8-5-13(11-24)14-10-16(25)20-18(19-14)23-6-3-4-7-23/h9-10,13H,3-8,11H2,1-2H3,(H,19,20,25). The molecule has 0 aliphatic carbocycles. The molecule has 2 saturated heterocycles. The molecule has 138 valence electrons. The van der Waals surface area contributed by atoms with Crippen molar-refractivity contribution in [3.63, 3.8) is 0 Å². The molecular weight excluding hydrogens is 332 g/mol. The fourth-order valence-electron chi connectivity index (χ4n) is 3.91. The number of H-pyrrole nitrogens is 1. The lowest BCUT2D eigenvalue weighted by Gasteiger charge is -2.18. The van der Waals surface area contributed by atoms with Crippen LogP contribution in [-0.4, -0.2) is 56.7 Å². The summed E-state index contributed by atoms with van der Waals surface area (Å²) < 4.78 is 1.63. The summed E-state index contributed by atoms with van der Waals surface area (Å²) >= 11 is 0. The van der Waals surface area contributed by atoms with Gasteiger partial charge in [0.25, 0.3) is 11.5 Å². The minimum atomic E-state index is -0.121. The zero-order valence-electron chi connectivity index (χ0n) is 15.2. The number of rotatable bonds is 3. The van der Waals surface area contributed by atoms with Crippen LogP contribution >= 0.6 is 0 Å². The second-order valence-corrected chi connectivity index (χ2v) is 7.22. The molecule has 1 atom stereocenters. The number of likely N-dealkylation sites (tertiary alicyclic amines) is 1. The first-order valence-corrected chi connectivity index (χ1v) is 9.17. The molecule has 1 amide bonds. The van der Waals surface area contributed by atoms with Crippen LogP contribution in [0.3, 0.4) is 0 Å². The summed E-state index contributed by atoms with van der Waals surface area (Å²) in [4.78, 5) is 36.4. The van der Waals surface area contributed by atoms with Gasteiger partial charge in [0, 0.05) is 45.2 Å². The fraction of sp³-hybridized carbons (Fsp3) is 0.556. The van der Waals surface area contributed by atoms with E-state index >= 15 is 0 Å². The second kappa shape index (κ2) is 6.59. The molecule has 2 aliphatic rings. The molecule has 0 aromatic carbocycles. The molecule has 2 aromatic rings. The SMILES string of the molecule is Cc1cc(C(=O)N2CCC(c3cc(=O)[nH]c(N4CCCC4)n3)C2)n(C)n1. The van der Waals surface area contributed by atoms with E-state index in [1.54, 1.807) is 17.8 Å². The quantitative estimate of drug-likeness (QED) is 0.888. The van der Waals surface area contributed by atoms with Crippen molar-refractivity contribution < 1.29 is 4.79 Å². The average molecular weight is 356 g/mol. The molecule has 0 radical (unpaired) electrons. The maximum Gasteiger partial charge on any atom is 0.272 e. The van der Waals surface area contributed by atoms with Gasteiger partial charge in [0.05, 0.1) is 11.4 Å². The molecular formula is C18H24N6O2. The van der Waals surface area contributed by atoms with Gasteiger partial charge in [-0.05, 0) is 32.3 Å². The minimum absolute atomic E-state index is 0.0137. The lowest BCUT2D eigenvalue weighted by atomic mass is 10.1. The van der Waals surface area contributed by atoms with Crippen LogP contribution < -0.4 is 10.5 Å². The molecule has 0 saturated carbocycles. The lowest BCUT2D eigenvalue weighted by Crippen LogP contribution is -2.30. The zero-order valence-corrected chi connectivity index (χ0v) is 15.2. The van der Waals surface area contributed by atoms with Crippen molar-refractivity contribution in [3.8, 4) is 0 Å². The van der Waals surface area contributed by atoms with E-state index < -0.39 is 0 Å². The molecule has 4 rings (SSSR count). The third-order valence-electron chi connectivity index (χ3n) is 5.27. The number of nitrogens with one attached hydrogen (secondary N) is 1. The van der Waals surface area contributed by atoms with E-state index in [0.29, 0.717) is 24.7 Å². The molecule has 8 heteroatoms. The Hall–Kier alpha value is -2.64. The lowest BCUT2D eigenvalue weighted by molar-refractivity contribution is 0.0780. The van der Waals surface area contributed by atoms with Crippen LogP contribution in [0.25, 0.3) is 0 Å². The van der Waals surface area contributed by atoms with Gasteiger partial charge in [0.2, 0.25) is 5.95 Å². The first-order valence-electron chi connectivity index (χ1n) is 9.17. The first kappa shape index (κ1) is 16.8. The van der Waals surface area contributed by atoms with Crippen molar-refractivity contribution >= 4 is 11.9 Å². The number of aryl methyl sites for hydroxylation is 2. The van der Waals surface area contributed by atoms with Gasteiger partial charge in [-0.25, -0.2) is 4.98 Å². The first-order chi connectivity index (χ1) is 12.5. The number of aromatic nitrogens is 4. The number of hydrogen-bond acceptors (Lipinski definition) is 5. The van der Waals surface area contributed by atoms with Crippen molar-refractivity contribution in [1.29, 1.82) is 0 Å². The summed E-state index contributed by atoms with van der Waals surface area (Å²) in [6, 6.07) is 3.39. The van der Waals surface area contributed by atoms with Gasteiger partial charge >= 0.3 is 0 Å². The molecule has 1 N–H and O–H groups in total. The van der Waals surface area contributed by atoms with E-state index in [1.807, 2.05) is 17.9 Å². The number of nitrogens with zero attached hydrogens (tertiary/aromatic N) is 5. The fourth-order valence-corrected chi connectivity index (χ4v) is 3.91. The Balaban J connectivity index is 1.52. The van der Waals surface area contributed by atoms with Crippen LogP contribution in [0.2, 0.25) is 0 Å². The van der Waals surface area contributed by atoms with E-state index in [-0.39, 0.29) is 17.4 Å². The van der Waals surface area contributed by atoms with E-state index in [9.17, 15) is 9.59 Å². The maximum atomic E-state index is 12.8. The third kappa shape index (κ3) is 3.11. The normalized spacial score (nSPS) is 20.2. The van der Waals surface area contributed by atoms with E-state index in [4.69, 9.17) is 4.98 Å². The Morgan fingerprint density at radius 3 is 2.69 bits per heavy atom. The summed E-state index contributed by atoms with van der Waals surface area (Å²) in [5, 5.41) is 4.25. The van der Waals surface area contributed by atoms with Crippen LogP contribution in [0.1, 0.15) is 47.1 Å². The molecule has 2 aliphatic heterocycles. The van der Waals surface area contributed by atoms with E-state index in [0.717, 1.165) is 43.7 Å². The Morgan fingerprint density at radius 2 is 2.00 bits per heavy atom. The number of hydrogen-bond donors (Lipinski definition) is 1. The Kier molecular flexibility index (Phi) is 4.26. The Bertz CT molecular complexity index is 880. The topological polar surface area (TPSA) is 87.1 Å². The van der Waals surface area contributed by atoms with Gasteiger partial charge in [-0.2, -0.15) is 5.10 Å². The van der Waals surface area contributed by atoms with Crippen LogP contribution in [-0.2, 0) is 7.05 Å². The number of carbonyl (C=O) groups is 1. The highest BCUT2D eigenvalue weighted by molar-refractivity contribution is 5.93. The van der Waals surface area contributed by atoms with Crippen LogP contribution in [0.4, 0.5) is 5.95 Å². The monoisotopic (exact) mass is 356 g/mol. The predicted octanol–water partition coefficient (Wildman–Crippen LogP) is 1.04. The smallest absolute Gasteiger partial charge is 0.272 e. The average Bonchev–Trinajstić information content (AvgIpc) is 3.34. The predicted molar refractivity (Wildman–Crippen MR) is 97.5 cm³/mol. The molecule has 26 heavy (non-hydrogen) atoms. The van der Waals surface area contributed by atoms with Crippen molar-refractivity contribution in [2.45, 2.75) is 32.1 Å². The maximum absolute atomic E-state index is 12.8. The molecule has 2 fully saturated rings. The Morgan fingerprint density at radius 1 is 1.23 bits per heavy atom. The largest absolute Gasteiger partial charge is 0.342 e. The van der Waals surface area contributed by atoms with E-state index in [1.165, 1.54) is 0 Å². The molecule has 1 unspecified atom stereocenters. The van der Waals surface area contributed by atoms with Crippen LogP contribution in [0, 0.1) is 6.92 Å². The molecule has 4 heterocycles. The molecule has 2 aromatic heterocycles. The van der Waals surface area contributed by atoms with Crippen molar-refractivity contribution in [1.82, 2.24) is 24.6 Å². The number of anilines is 1. The van der Waals surface area contributed by atoms with Crippen molar-refractivity contribution in [2.24, 2.45) is 7.05 Å². The number of amides is 1. The van der Waals surface area contributed by atoms with Crippen molar-refractivity contribution in [3.05, 3.63) is 39.6 Å². The van der Waals surface area contributed by atoms with Crippen molar-refractivity contribution in [2.75, 3.05) is 31.1 Å². The molecule has 0 spiro atoms. The third-order valence-corrected chi connectivity index (χ3v) is 5.27. The second-order valence-electron chi connectivity index (χ2n) is 7.22. The Labute approximate surface area is 151 Å². The highest BCUT2D eigenvalue weighted by Gasteiger charge is 2.31. The summed E-state index contributed by atoms with van der Waals surface area (Å²) in [5.41, 5.74) is 2.09. The minimum Gasteiger partial charge on any atom is -0.342 e. The van der Waals surface area contributed by atoms with Gasteiger partial charge in [0.1, 0.15) is 5.69 Å². The van der Waals surface area contributed by atoms with Gasteiger partial charge in [0.15, 0.2) is 0 Å². The number of aromatic amines is 1. The highest BCUT2D eigenvalue weighted by atomic mass is 16.2. The molecule has 0 bridgehead atoms. The van der Waals surface area contributed by atoms with Gasteiger partial charge in [-0.1, -0.05) is 0 Å². The van der Waals surface area contributed by atoms with Gasteiger partial charge in [-0.3, -0.25) is 19.3 Å². The number of carbonyl (C=O) groups excluding carboxylic acids is 1. The van der Waals surface area contributed by atoms with Gasteiger partial charge in [-0.15, -0.1) is 0 Å². The summed E-state index contributed by atoms with van der Waals surface area (Å²) in [6.45, 7) is 4.99. The van der Waals surface area contributed by atoms with Gasteiger partial charge < -0.3 is 9.80 Å². The molecule has 8 nitrogen and oxygen atoms in total. The summed E-state index contributed by atoms with van der Waals surface area (Å²) in [6.07, 6.45) is 3.08. The summed E-state index contributed by atoms with van der Waals surface area (Å²) in [7, 11) is 1.79.